The number of rotatable bonds is 6. The molecule has 0 spiro atoms. The Kier molecular flexibility index (Phi) is 5.28. The first-order valence-corrected chi connectivity index (χ1v) is 8.11. The quantitative estimate of drug-likeness (QED) is 0.814. The maximum Gasteiger partial charge on any atom is 0.224 e. The predicted octanol–water partition coefficient (Wildman–Crippen LogP) is 3.59. The fraction of sp³-hybridized carbons (Fsp3) is 0.263. The van der Waals surface area contributed by atoms with Crippen LogP contribution in [0.25, 0.3) is 0 Å². The van der Waals surface area contributed by atoms with Gasteiger partial charge in [0.15, 0.2) is 17.3 Å². The number of fused-ring (bicyclic) bond motifs is 1. The molecule has 0 saturated carbocycles. The number of nitrogens with one attached hydrogen (secondary N) is 1. The van der Waals surface area contributed by atoms with E-state index >= 15 is 0 Å². The zero-order chi connectivity index (χ0) is 17.6. The van der Waals surface area contributed by atoms with Gasteiger partial charge in [-0.3, -0.25) is 9.59 Å². The molecule has 0 atom stereocenters. The highest BCUT2D eigenvalue weighted by Crippen LogP contribution is 2.31. The molecule has 130 valence electrons. The standard InChI is InChI=1S/C19H18FNO4/c20-14-4-1-2-5-15(14)21-19(23)7-3-6-16(22)13-8-9-17-18(12-13)25-11-10-24-17/h1-2,4-5,8-9,12H,3,6-7,10-11H2,(H,21,23). The molecular formula is C19H18FNO4. The number of hydrogen-bond donors (Lipinski definition) is 1. The van der Waals surface area contributed by atoms with Crippen LogP contribution < -0.4 is 14.8 Å². The summed E-state index contributed by atoms with van der Waals surface area (Å²) in [6.07, 6.45) is 0.753. The van der Waals surface area contributed by atoms with Gasteiger partial charge in [-0.1, -0.05) is 12.1 Å². The van der Waals surface area contributed by atoms with E-state index in [1.807, 2.05) is 0 Å². The summed E-state index contributed by atoms with van der Waals surface area (Å²) in [5.41, 5.74) is 0.671. The molecule has 0 fully saturated rings. The van der Waals surface area contributed by atoms with E-state index < -0.39 is 5.82 Å². The topological polar surface area (TPSA) is 64.6 Å². The molecule has 1 amide bonds. The van der Waals surface area contributed by atoms with E-state index in [0.29, 0.717) is 36.7 Å². The average molecular weight is 343 g/mol. The summed E-state index contributed by atoms with van der Waals surface area (Å²) in [7, 11) is 0. The summed E-state index contributed by atoms with van der Waals surface area (Å²) in [4.78, 5) is 24.1. The zero-order valence-corrected chi connectivity index (χ0v) is 13.6. The lowest BCUT2D eigenvalue weighted by atomic mass is 10.0. The number of ether oxygens (including phenoxy) is 2. The van der Waals surface area contributed by atoms with Gasteiger partial charge in [0, 0.05) is 18.4 Å². The molecule has 2 aromatic rings. The number of benzene rings is 2. The third kappa shape index (κ3) is 4.35. The maximum atomic E-state index is 13.5. The van der Waals surface area contributed by atoms with Crippen LogP contribution in [0.15, 0.2) is 42.5 Å². The summed E-state index contributed by atoms with van der Waals surface area (Å²) in [6.45, 7) is 0.957. The Hall–Kier alpha value is -2.89. The summed E-state index contributed by atoms with van der Waals surface area (Å²) in [5.74, 6) is 0.320. The molecule has 5 nitrogen and oxygen atoms in total. The van der Waals surface area contributed by atoms with Crippen LogP contribution in [0.1, 0.15) is 29.6 Å². The normalized spacial score (nSPS) is 12.5. The van der Waals surface area contributed by atoms with Gasteiger partial charge in [-0.05, 0) is 36.8 Å². The van der Waals surface area contributed by atoms with Crippen molar-refractivity contribution in [3.63, 3.8) is 0 Å². The van der Waals surface area contributed by atoms with E-state index in [4.69, 9.17) is 9.47 Å². The number of anilines is 1. The van der Waals surface area contributed by atoms with Crippen LogP contribution >= 0.6 is 0 Å². The van der Waals surface area contributed by atoms with Gasteiger partial charge in [0.05, 0.1) is 5.69 Å². The Morgan fingerprint density at radius 2 is 1.76 bits per heavy atom. The zero-order valence-electron chi connectivity index (χ0n) is 13.6. The SMILES string of the molecule is O=C(CCCC(=O)c1ccc2c(c1)OCCO2)Nc1ccccc1F. The fourth-order valence-electron chi connectivity index (χ4n) is 2.55. The van der Waals surface area contributed by atoms with Crippen LogP contribution in [-0.4, -0.2) is 24.9 Å². The Bertz CT molecular complexity index is 791. The number of amides is 1. The van der Waals surface area contributed by atoms with Gasteiger partial charge in [-0.15, -0.1) is 0 Å². The van der Waals surface area contributed by atoms with Crippen LogP contribution in [0.2, 0.25) is 0 Å². The first-order chi connectivity index (χ1) is 12.1. The highest BCUT2D eigenvalue weighted by molar-refractivity contribution is 5.97. The number of hydrogen-bond acceptors (Lipinski definition) is 4. The molecule has 2 aromatic carbocycles. The van der Waals surface area contributed by atoms with Gasteiger partial charge >= 0.3 is 0 Å². The molecule has 1 heterocycles. The Balaban J connectivity index is 1.49. The molecule has 0 saturated heterocycles. The van der Waals surface area contributed by atoms with Gasteiger partial charge in [0.2, 0.25) is 5.91 Å². The monoisotopic (exact) mass is 343 g/mol. The lowest BCUT2D eigenvalue weighted by Gasteiger charge is -2.18. The smallest absolute Gasteiger partial charge is 0.224 e. The third-order valence-corrected chi connectivity index (χ3v) is 3.82. The summed E-state index contributed by atoms with van der Waals surface area (Å²) in [5, 5.41) is 2.50. The molecule has 0 radical (unpaired) electrons. The molecule has 3 rings (SSSR count). The maximum absolute atomic E-state index is 13.5. The Morgan fingerprint density at radius 3 is 2.56 bits per heavy atom. The molecular weight excluding hydrogens is 325 g/mol. The first-order valence-electron chi connectivity index (χ1n) is 8.11. The molecule has 1 aliphatic rings. The lowest BCUT2D eigenvalue weighted by molar-refractivity contribution is -0.116. The summed E-state index contributed by atoms with van der Waals surface area (Å²) < 4.78 is 24.3. The first kappa shape index (κ1) is 17.0. The van der Waals surface area contributed by atoms with Crippen LogP contribution in [0.3, 0.4) is 0 Å². The lowest BCUT2D eigenvalue weighted by Crippen LogP contribution is -2.16. The van der Waals surface area contributed by atoms with Gasteiger partial charge in [-0.2, -0.15) is 0 Å². The Morgan fingerprint density at radius 1 is 1.00 bits per heavy atom. The van der Waals surface area contributed by atoms with Crippen LogP contribution in [0.5, 0.6) is 11.5 Å². The van der Waals surface area contributed by atoms with E-state index in [9.17, 15) is 14.0 Å². The fourth-order valence-corrected chi connectivity index (χ4v) is 2.55. The van der Waals surface area contributed by atoms with Crippen molar-refractivity contribution < 1.29 is 23.5 Å². The van der Waals surface area contributed by atoms with E-state index in [-0.39, 0.29) is 30.2 Å². The molecule has 0 aliphatic carbocycles. The largest absolute Gasteiger partial charge is 0.486 e. The molecule has 6 heteroatoms. The van der Waals surface area contributed by atoms with Crippen LogP contribution in [0, 0.1) is 5.82 Å². The van der Waals surface area contributed by atoms with E-state index in [2.05, 4.69) is 5.32 Å². The minimum Gasteiger partial charge on any atom is -0.486 e. The van der Waals surface area contributed by atoms with Crippen molar-refractivity contribution in [3.05, 3.63) is 53.8 Å². The van der Waals surface area contributed by atoms with Gasteiger partial charge in [0.25, 0.3) is 0 Å². The molecule has 1 N–H and O–H groups in total. The van der Waals surface area contributed by atoms with Crippen molar-refractivity contribution in [2.24, 2.45) is 0 Å². The van der Waals surface area contributed by atoms with Crippen LogP contribution in [0.4, 0.5) is 10.1 Å². The Labute approximate surface area is 144 Å². The average Bonchev–Trinajstić information content (AvgIpc) is 2.63. The minimum absolute atomic E-state index is 0.0735. The van der Waals surface area contributed by atoms with Gasteiger partial charge < -0.3 is 14.8 Å². The van der Waals surface area contributed by atoms with Crippen molar-refractivity contribution in [1.29, 1.82) is 0 Å². The number of carbonyl (C=O) groups is 2. The molecule has 25 heavy (non-hydrogen) atoms. The molecule has 0 bridgehead atoms. The molecule has 1 aliphatic heterocycles. The predicted molar refractivity (Wildman–Crippen MR) is 90.6 cm³/mol. The van der Waals surface area contributed by atoms with E-state index in [0.717, 1.165) is 0 Å². The number of halogens is 1. The molecule has 0 aromatic heterocycles. The van der Waals surface area contributed by atoms with Crippen molar-refractivity contribution in [2.45, 2.75) is 19.3 Å². The van der Waals surface area contributed by atoms with Crippen LogP contribution in [-0.2, 0) is 4.79 Å². The number of Topliss-reactive ketones (excluding diaryl/α,β-unsaturated/α-hetero) is 1. The second-order valence-corrected chi connectivity index (χ2v) is 5.66. The number of para-hydroxylation sites is 1. The second kappa shape index (κ2) is 7.79. The minimum atomic E-state index is -0.483. The number of ketones is 1. The molecule has 0 unspecified atom stereocenters. The van der Waals surface area contributed by atoms with Gasteiger partial charge in [-0.25, -0.2) is 4.39 Å². The highest BCUT2D eigenvalue weighted by atomic mass is 19.1. The summed E-state index contributed by atoms with van der Waals surface area (Å²) in [6, 6.07) is 11.0. The second-order valence-electron chi connectivity index (χ2n) is 5.66. The van der Waals surface area contributed by atoms with Crippen molar-refractivity contribution >= 4 is 17.4 Å². The third-order valence-electron chi connectivity index (χ3n) is 3.82. The van der Waals surface area contributed by atoms with E-state index in [1.165, 1.54) is 12.1 Å². The van der Waals surface area contributed by atoms with E-state index in [1.54, 1.807) is 30.3 Å². The van der Waals surface area contributed by atoms with Gasteiger partial charge in [0.1, 0.15) is 19.0 Å². The summed E-state index contributed by atoms with van der Waals surface area (Å²) >= 11 is 0. The number of carbonyl (C=O) groups excluding carboxylic acids is 2. The van der Waals surface area contributed by atoms with Crippen molar-refractivity contribution in [1.82, 2.24) is 0 Å². The van der Waals surface area contributed by atoms with Crippen molar-refractivity contribution in [2.75, 3.05) is 18.5 Å². The highest BCUT2D eigenvalue weighted by Gasteiger charge is 2.15. The van der Waals surface area contributed by atoms with Crippen molar-refractivity contribution in [3.8, 4) is 11.5 Å².